The van der Waals surface area contributed by atoms with Crippen LogP contribution in [-0.2, 0) is 7.05 Å². The number of aliphatic hydroxyl groups is 1. The monoisotopic (exact) mass is 265 g/mol. The van der Waals surface area contributed by atoms with E-state index in [1.165, 1.54) is 7.05 Å². The average molecular weight is 265 g/mol. The van der Waals surface area contributed by atoms with Crippen LogP contribution in [0.15, 0.2) is 18.2 Å². The van der Waals surface area contributed by atoms with Gasteiger partial charge in [-0.3, -0.25) is 0 Å². The lowest BCUT2D eigenvalue weighted by Crippen LogP contribution is -2.22. The smallest absolute Gasteiger partial charge is 0.378 e. The summed E-state index contributed by atoms with van der Waals surface area (Å²) in [6.45, 7) is 0. The zero-order valence-electron chi connectivity index (χ0n) is 9.09. The Morgan fingerprint density at radius 2 is 1.78 bits per heavy atom. The topological polar surface area (TPSA) is 25.2 Å². The fourth-order valence-corrected chi connectivity index (χ4v) is 1.81. The minimum atomic E-state index is -4.86. The van der Waals surface area contributed by atoms with Crippen LogP contribution in [0.4, 0.5) is 22.0 Å². The molecule has 2 nitrogen and oxygen atoms in total. The highest BCUT2D eigenvalue weighted by Crippen LogP contribution is 2.35. The molecule has 0 saturated heterocycles. The van der Waals surface area contributed by atoms with Crippen molar-refractivity contribution in [2.45, 2.75) is 12.3 Å². The van der Waals surface area contributed by atoms with Crippen LogP contribution in [0.1, 0.15) is 11.8 Å². The Balaban J connectivity index is 2.68. The maximum absolute atomic E-state index is 13.4. The van der Waals surface area contributed by atoms with Crippen molar-refractivity contribution in [3.63, 3.8) is 0 Å². The first-order valence-corrected chi connectivity index (χ1v) is 4.91. The van der Waals surface area contributed by atoms with Gasteiger partial charge in [-0.05, 0) is 12.1 Å². The van der Waals surface area contributed by atoms with E-state index in [0.29, 0.717) is 6.07 Å². The summed E-state index contributed by atoms with van der Waals surface area (Å²) in [4.78, 5) is 0. The number of nitrogens with zero attached hydrogens (tertiary/aromatic N) is 1. The first kappa shape index (κ1) is 12.8. The molecule has 98 valence electrons. The van der Waals surface area contributed by atoms with Crippen LogP contribution in [-0.4, -0.2) is 15.8 Å². The van der Waals surface area contributed by atoms with Crippen LogP contribution in [0, 0.1) is 11.6 Å². The van der Waals surface area contributed by atoms with Crippen molar-refractivity contribution in [3.8, 4) is 0 Å². The van der Waals surface area contributed by atoms with Crippen LogP contribution in [0.3, 0.4) is 0 Å². The number of halogens is 5. The molecule has 1 atom stereocenters. The minimum absolute atomic E-state index is 0.0502. The predicted molar refractivity (Wildman–Crippen MR) is 53.8 cm³/mol. The maximum atomic E-state index is 13.4. The third-order valence-corrected chi connectivity index (χ3v) is 2.70. The number of benzene rings is 1. The minimum Gasteiger partial charge on any atom is -0.378 e. The molecule has 0 aliphatic heterocycles. The lowest BCUT2D eigenvalue weighted by Gasteiger charge is -2.15. The van der Waals surface area contributed by atoms with Gasteiger partial charge in [-0.2, -0.15) is 13.2 Å². The molecule has 7 heteroatoms. The van der Waals surface area contributed by atoms with Crippen LogP contribution in [0.5, 0.6) is 0 Å². The summed E-state index contributed by atoms with van der Waals surface area (Å²) in [5, 5.41) is 8.97. The second kappa shape index (κ2) is 3.94. The number of alkyl halides is 3. The molecule has 18 heavy (non-hydrogen) atoms. The van der Waals surface area contributed by atoms with Gasteiger partial charge in [0, 0.05) is 18.5 Å². The Labute approximate surface area is 98.2 Å². The molecule has 0 spiro atoms. The van der Waals surface area contributed by atoms with Crippen molar-refractivity contribution >= 4 is 10.9 Å². The Hall–Kier alpha value is -1.63. The van der Waals surface area contributed by atoms with Crippen molar-refractivity contribution in [1.29, 1.82) is 0 Å². The van der Waals surface area contributed by atoms with E-state index in [2.05, 4.69) is 0 Å². The quantitative estimate of drug-likeness (QED) is 0.788. The van der Waals surface area contributed by atoms with E-state index in [0.717, 1.165) is 16.7 Å². The highest BCUT2D eigenvalue weighted by Gasteiger charge is 2.41. The fourth-order valence-electron chi connectivity index (χ4n) is 1.81. The van der Waals surface area contributed by atoms with Gasteiger partial charge in [0.1, 0.15) is 11.6 Å². The van der Waals surface area contributed by atoms with Crippen molar-refractivity contribution in [2.75, 3.05) is 0 Å². The number of rotatable bonds is 1. The van der Waals surface area contributed by atoms with Gasteiger partial charge < -0.3 is 9.67 Å². The Kier molecular flexibility index (Phi) is 2.81. The summed E-state index contributed by atoms with van der Waals surface area (Å²) in [6, 6.07) is 2.35. The molecule has 1 aromatic heterocycles. The van der Waals surface area contributed by atoms with Gasteiger partial charge in [0.2, 0.25) is 0 Å². The van der Waals surface area contributed by atoms with E-state index in [1.54, 1.807) is 0 Å². The van der Waals surface area contributed by atoms with Crippen molar-refractivity contribution in [3.05, 3.63) is 35.5 Å². The third kappa shape index (κ3) is 1.94. The highest BCUT2D eigenvalue weighted by molar-refractivity contribution is 5.82. The average Bonchev–Trinajstić information content (AvgIpc) is 2.54. The lowest BCUT2D eigenvalue weighted by molar-refractivity contribution is -0.208. The molecule has 1 N–H and O–H groups in total. The Morgan fingerprint density at radius 1 is 1.17 bits per heavy atom. The van der Waals surface area contributed by atoms with Crippen molar-refractivity contribution < 1.29 is 27.1 Å². The third-order valence-electron chi connectivity index (χ3n) is 2.70. The summed E-state index contributed by atoms with van der Waals surface area (Å²) in [5.74, 6) is -1.87. The molecule has 0 fully saturated rings. The Morgan fingerprint density at radius 3 is 2.33 bits per heavy atom. The zero-order chi connectivity index (χ0) is 13.7. The van der Waals surface area contributed by atoms with Gasteiger partial charge in [0.05, 0.1) is 11.2 Å². The fraction of sp³-hybridized carbons (Fsp3) is 0.273. The van der Waals surface area contributed by atoms with E-state index in [-0.39, 0.29) is 10.9 Å². The highest BCUT2D eigenvalue weighted by atomic mass is 19.4. The van der Waals surface area contributed by atoms with Gasteiger partial charge in [0.25, 0.3) is 0 Å². The molecule has 2 rings (SSSR count). The molecule has 0 aliphatic carbocycles. The molecule has 1 aromatic carbocycles. The van der Waals surface area contributed by atoms with Gasteiger partial charge in [0.15, 0.2) is 6.10 Å². The standard InChI is InChI=1S/C11H8F5NO/c1-17-8-3-5(12)2-7(13)6(8)4-9(17)10(18)11(14,15)16/h2-4,10,18H,1H3. The van der Waals surface area contributed by atoms with Gasteiger partial charge in [-0.15, -0.1) is 0 Å². The number of aryl methyl sites for hydroxylation is 1. The first-order valence-electron chi connectivity index (χ1n) is 4.91. The van der Waals surface area contributed by atoms with Gasteiger partial charge >= 0.3 is 6.18 Å². The molecule has 1 heterocycles. The van der Waals surface area contributed by atoms with Crippen molar-refractivity contribution in [2.24, 2.45) is 7.05 Å². The lowest BCUT2D eigenvalue weighted by atomic mass is 10.2. The van der Waals surface area contributed by atoms with Crippen LogP contribution in [0.2, 0.25) is 0 Å². The molecule has 1 unspecified atom stereocenters. The summed E-state index contributed by atoms with van der Waals surface area (Å²) in [7, 11) is 1.20. The molecule has 0 bridgehead atoms. The molecular weight excluding hydrogens is 257 g/mol. The van der Waals surface area contributed by atoms with E-state index in [9.17, 15) is 22.0 Å². The molecule has 0 amide bonds. The maximum Gasteiger partial charge on any atom is 0.420 e. The van der Waals surface area contributed by atoms with Crippen molar-refractivity contribution in [1.82, 2.24) is 4.57 Å². The SMILES string of the molecule is Cn1c(C(O)C(F)(F)F)cc2c(F)cc(F)cc21. The number of fused-ring (bicyclic) bond motifs is 1. The van der Waals surface area contributed by atoms with Gasteiger partial charge in [-0.25, -0.2) is 8.78 Å². The summed E-state index contributed by atoms with van der Waals surface area (Å²) in [5.41, 5.74) is -0.590. The van der Waals surface area contributed by atoms with Crippen LogP contribution in [0.25, 0.3) is 10.9 Å². The summed E-state index contributed by atoms with van der Waals surface area (Å²) in [6.07, 6.45) is -7.60. The zero-order valence-corrected chi connectivity index (χ0v) is 9.09. The summed E-state index contributed by atoms with van der Waals surface area (Å²) < 4.78 is 64.5. The number of aromatic nitrogens is 1. The molecule has 0 radical (unpaired) electrons. The van der Waals surface area contributed by atoms with Gasteiger partial charge in [-0.1, -0.05) is 0 Å². The van der Waals surface area contributed by atoms with E-state index in [4.69, 9.17) is 5.11 Å². The summed E-state index contributed by atoms with van der Waals surface area (Å²) >= 11 is 0. The van der Waals surface area contributed by atoms with E-state index >= 15 is 0 Å². The van der Waals surface area contributed by atoms with E-state index < -0.39 is 29.6 Å². The van der Waals surface area contributed by atoms with Crippen LogP contribution < -0.4 is 0 Å². The molecular formula is C11H8F5NO. The first-order chi connectivity index (χ1) is 8.21. The predicted octanol–water partition coefficient (Wildman–Crippen LogP) is 3.05. The second-order valence-electron chi connectivity index (χ2n) is 3.89. The molecule has 2 aromatic rings. The Bertz CT molecular complexity index is 601. The van der Waals surface area contributed by atoms with E-state index in [1.807, 2.05) is 0 Å². The van der Waals surface area contributed by atoms with Crippen LogP contribution >= 0.6 is 0 Å². The molecule has 0 aliphatic rings. The number of aliphatic hydroxyl groups excluding tert-OH is 1. The molecule has 0 saturated carbocycles. The number of hydrogen-bond donors (Lipinski definition) is 1. The normalized spacial score (nSPS) is 14.2. The second-order valence-corrected chi connectivity index (χ2v) is 3.89. The largest absolute Gasteiger partial charge is 0.420 e. The number of hydrogen-bond acceptors (Lipinski definition) is 1.